The van der Waals surface area contributed by atoms with Crippen molar-refractivity contribution in [2.45, 2.75) is 26.9 Å². The SMILES string of the molecule is Cc1ccc(Oc2ccc(Nc3ncnc4cccc(O[C@H](C)C(=O)N(C)CCO)c34)cc2C)cn1. The van der Waals surface area contributed by atoms with E-state index in [-0.39, 0.29) is 19.1 Å². The summed E-state index contributed by atoms with van der Waals surface area (Å²) in [5, 5.41) is 13.1. The van der Waals surface area contributed by atoms with Crippen molar-refractivity contribution in [2.75, 3.05) is 25.5 Å². The lowest BCUT2D eigenvalue weighted by molar-refractivity contribution is -0.136. The first-order valence-corrected chi connectivity index (χ1v) is 11.6. The number of nitrogens with one attached hydrogen (secondary N) is 1. The number of fused-ring (bicyclic) bond motifs is 1. The molecule has 0 aliphatic heterocycles. The molecule has 1 atom stereocenters. The van der Waals surface area contributed by atoms with Crippen LogP contribution in [0.4, 0.5) is 11.5 Å². The van der Waals surface area contributed by atoms with E-state index in [2.05, 4.69) is 20.3 Å². The number of likely N-dealkylation sites (N-methyl/N-ethyl adjacent to an activating group) is 1. The third-order valence-corrected chi connectivity index (χ3v) is 5.64. The van der Waals surface area contributed by atoms with Gasteiger partial charge >= 0.3 is 0 Å². The van der Waals surface area contributed by atoms with E-state index in [1.807, 2.05) is 56.3 Å². The Morgan fingerprint density at radius 3 is 2.64 bits per heavy atom. The van der Waals surface area contributed by atoms with Crippen molar-refractivity contribution < 1.29 is 19.4 Å². The third-order valence-electron chi connectivity index (χ3n) is 5.64. The molecule has 0 saturated heterocycles. The molecule has 0 saturated carbocycles. The highest BCUT2D eigenvalue weighted by Crippen LogP contribution is 2.34. The second kappa shape index (κ2) is 11.0. The first-order valence-electron chi connectivity index (χ1n) is 11.6. The molecule has 0 bridgehead atoms. The van der Waals surface area contributed by atoms with Crippen LogP contribution in [0.3, 0.4) is 0 Å². The number of rotatable bonds is 9. The average molecular weight is 488 g/mol. The first-order chi connectivity index (χ1) is 17.4. The van der Waals surface area contributed by atoms with Crippen molar-refractivity contribution in [2.24, 2.45) is 0 Å². The molecule has 0 aliphatic carbocycles. The summed E-state index contributed by atoms with van der Waals surface area (Å²) in [4.78, 5) is 27.1. The van der Waals surface area contributed by atoms with Crippen molar-refractivity contribution in [1.29, 1.82) is 0 Å². The van der Waals surface area contributed by atoms with Gasteiger partial charge in [0.25, 0.3) is 5.91 Å². The van der Waals surface area contributed by atoms with Gasteiger partial charge in [-0.25, -0.2) is 9.97 Å². The summed E-state index contributed by atoms with van der Waals surface area (Å²) in [6.45, 7) is 5.69. The van der Waals surface area contributed by atoms with Gasteiger partial charge in [-0.1, -0.05) is 6.07 Å². The number of carbonyl (C=O) groups excluding carboxylic acids is 1. The van der Waals surface area contributed by atoms with Gasteiger partial charge in [0.2, 0.25) is 0 Å². The van der Waals surface area contributed by atoms with E-state index in [1.54, 1.807) is 26.2 Å². The number of hydrogen-bond donors (Lipinski definition) is 2. The molecular weight excluding hydrogens is 458 g/mol. The maximum absolute atomic E-state index is 12.6. The molecule has 2 N–H and O–H groups in total. The Morgan fingerprint density at radius 2 is 1.92 bits per heavy atom. The van der Waals surface area contributed by atoms with E-state index in [0.717, 1.165) is 22.7 Å². The van der Waals surface area contributed by atoms with Crippen LogP contribution >= 0.6 is 0 Å². The number of carbonyl (C=O) groups is 1. The van der Waals surface area contributed by atoms with Crippen LogP contribution in [0, 0.1) is 13.8 Å². The van der Waals surface area contributed by atoms with Crippen LogP contribution in [0.5, 0.6) is 17.2 Å². The van der Waals surface area contributed by atoms with Gasteiger partial charge in [-0.05, 0) is 68.8 Å². The molecule has 0 fully saturated rings. The Kier molecular flexibility index (Phi) is 7.60. The lowest BCUT2D eigenvalue weighted by atomic mass is 10.1. The zero-order valence-corrected chi connectivity index (χ0v) is 20.7. The highest BCUT2D eigenvalue weighted by atomic mass is 16.5. The van der Waals surface area contributed by atoms with Crippen molar-refractivity contribution in [3.05, 3.63) is 72.3 Å². The Labute approximate surface area is 209 Å². The maximum atomic E-state index is 12.6. The molecule has 0 radical (unpaired) electrons. The summed E-state index contributed by atoms with van der Waals surface area (Å²) in [5.74, 6) is 2.19. The van der Waals surface area contributed by atoms with Gasteiger partial charge in [-0.2, -0.15) is 0 Å². The lowest BCUT2D eigenvalue weighted by Gasteiger charge is -2.22. The van der Waals surface area contributed by atoms with Crippen LogP contribution in [0.25, 0.3) is 10.9 Å². The quantitative estimate of drug-likeness (QED) is 0.358. The molecule has 2 aromatic carbocycles. The van der Waals surface area contributed by atoms with E-state index >= 15 is 0 Å². The summed E-state index contributed by atoms with van der Waals surface area (Å²) in [5.41, 5.74) is 3.34. The number of aliphatic hydroxyl groups is 1. The number of aromatic nitrogens is 3. The number of hydrogen-bond acceptors (Lipinski definition) is 8. The standard InChI is InChI=1S/C27H29N5O4/c1-17-14-20(9-11-23(17)36-21-10-8-18(2)28-15-21)31-26-25-22(29-16-30-26)6-5-7-24(25)35-19(3)27(34)32(4)12-13-33/h5-11,14-16,19,33H,12-13H2,1-4H3,(H,29,30,31)/t19-/m1/s1. The average Bonchev–Trinajstić information content (AvgIpc) is 2.87. The molecule has 9 nitrogen and oxygen atoms in total. The monoisotopic (exact) mass is 487 g/mol. The molecule has 1 amide bonds. The number of pyridine rings is 1. The molecule has 4 rings (SSSR count). The third kappa shape index (κ3) is 5.69. The summed E-state index contributed by atoms with van der Waals surface area (Å²) >= 11 is 0. The molecule has 9 heteroatoms. The van der Waals surface area contributed by atoms with Crippen LogP contribution in [0.2, 0.25) is 0 Å². The van der Waals surface area contributed by atoms with Gasteiger partial charge in [-0.3, -0.25) is 9.78 Å². The van der Waals surface area contributed by atoms with Crippen molar-refractivity contribution in [1.82, 2.24) is 19.9 Å². The Bertz CT molecular complexity index is 1360. The molecule has 0 unspecified atom stereocenters. The molecule has 186 valence electrons. The Hall–Kier alpha value is -4.24. The lowest BCUT2D eigenvalue weighted by Crippen LogP contribution is -2.39. The number of benzene rings is 2. The molecule has 0 spiro atoms. The van der Waals surface area contributed by atoms with E-state index < -0.39 is 6.10 Å². The van der Waals surface area contributed by atoms with Gasteiger partial charge < -0.3 is 24.8 Å². The molecule has 2 aromatic heterocycles. The molecule has 0 aliphatic rings. The smallest absolute Gasteiger partial charge is 0.263 e. The fourth-order valence-electron chi connectivity index (χ4n) is 3.70. The molecule has 36 heavy (non-hydrogen) atoms. The number of nitrogens with zero attached hydrogens (tertiary/aromatic N) is 4. The van der Waals surface area contributed by atoms with E-state index in [9.17, 15) is 4.79 Å². The van der Waals surface area contributed by atoms with Gasteiger partial charge in [0.15, 0.2) is 6.10 Å². The number of aliphatic hydroxyl groups excluding tert-OH is 1. The number of aryl methyl sites for hydroxylation is 2. The highest BCUT2D eigenvalue weighted by molar-refractivity contribution is 5.96. The van der Waals surface area contributed by atoms with Gasteiger partial charge in [0.05, 0.1) is 23.7 Å². The van der Waals surface area contributed by atoms with Crippen LogP contribution in [0.1, 0.15) is 18.2 Å². The first kappa shape index (κ1) is 24.9. The fraction of sp³-hybridized carbons (Fsp3) is 0.259. The van der Waals surface area contributed by atoms with Crippen molar-refractivity contribution in [3.8, 4) is 17.2 Å². The number of ether oxygens (including phenoxy) is 2. The van der Waals surface area contributed by atoms with Gasteiger partial charge in [0.1, 0.15) is 29.4 Å². The number of amides is 1. The van der Waals surface area contributed by atoms with Crippen LogP contribution in [-0.4, -0.2) is 57.2 Å². The topological polar surface area (TPSA) is 110 Å². The highest BCUT2D eigenvalue weighted by Gasteiger charge is 2.21. The van der Waals surface area contributed by atoms with Crippen LogP contribution in [-0.2, 0) is 4.79 Å². The molecule has 2 heterocycles. The molecular formula is C27H29N5O4. The summed E-state index contributed by atoms with van der Waals surface area (Å²) in [7, 11) is 1.63. The Balaban J connectivity index is 1.58. The van der Waals surface area contributed by atoms with Crippen molar-refractivity contribution in [3.63, 3.8) is 0 Å². The normalized spacial score (nSPS) is 11.7. The summed E-state index contributed by atoms with van der Waals surface area (Å²) in [6, 6.07) is 15.0. The van der Waals surface area contributed by atoms with E-state index in [0.29, 0.717) is 28.2 Å². The number of anilines is 2. The van der Waals surface area contributed by atoms with Crippen LogP contribution < -0.4 is 14.8 Å². The maximum Gasteiger partial charge on any atom is 0.263 e. The predicted octanol–water partition coefficient (Wildman–Crippen LogP) is 4.40. The second-order valence-corrected chi connectivity index (χ2v) is 8.46. The van der Waals surface area contributed by atoms with Gasteiger partial charge in [-0.15, -0.1) is 0 Å². The summed E-state index contributed by atoms with van der Waals surface area (Å²) < 4.78 is 12.0. The fourth-order valence-corrected chi connectivity index (χ4v) is 3.70. The predicted molar refractivity (Wildman–Crippen MR) is 138 cm³/mol. The van der Waals surface area contributed by atoms with Crippen molar-refractivity contribution >= 4 is 28.3 Å². The van der Waals surface area contributed by atoms with Crippen LogP contribution in [0.15, 0.2) is 61.1 Å². The van der Waals surface area contributed by atoms with E-state index in [1.165, 1.54) is 11.2 Å². The zero-order valence-electron chi connectivity index (χ0n) is 20.7. The van der Waals surface area contributed by atoms with Gasteiger partial charge in [0, 0.05) is 25.0 Å². The summed E-state index contributed by atoms with van der Waals surface area (Å²) in [6.07, 6.45) is 2.42. The Morgan fingerprint density at radius 1 is 1.08 bits per heavy atom. The zero-order chi connectivity index (χ0) is 25.7. The minimum Gasteiger partial charge on any atom is -0.480 e. The van der Waals surface area contributed by atoms with E-state index in [4.69, 9.17) is 14.6 Å². The molecule has 4 aromatic rings. The second-order valence-electron chi connectivity index (χ2n) is 8.46. The minimum absolute atomic E-state index is 0.115. The largest absolute Gasteiger partial charge is 0.480 e. The minimum atomic E-state index is -0.754.